The van der Waals surface area contributed by atoms with Crippen molar-refractivity contribution in [2.24, 2.45) is 5.84 Å². The molecule has 0 saturated carbocycles. The molecule has 0 bridgehead atoms. The zero-order valence-electron chi connectivity index (χ0n) is 11.5. The highest BCUT2D eigenvalue weighted by atomic mass is 32.2. The molecule has 106 valence electrons. The molecular weight excluding hydrogens is 282 g/mol. The summed E-state index contributed by atoms with van der Waals surface area (Å²) in [5, 5.41) is 0.846. The van der Waals surface area contributed by atoms with Gasteiger partial charge in [0.25, 0.3) is 0 Å². The number of nitrogens with one attached hydrogen (secondary N) is 1. The van der Waals surface area contributed by atoms with Crippen molar-refractivity contribution in [1.29, 1.82) is 0 Å². The average Bonchev–Trinajstić information content (AvgIpc) is 2.53. The molecular formula is C15H15N5S. The first-order valence-electron chi connectivity index (χ1n) is 6.39. The third kappa shape index (κ3) is 2.63. The topological polar surface area (TPSA) is 89.8 Å². The van der Waals surface area contributed by atoms with Crippen LogP contribution in [-0.2, 0) is 0 Å². The molecule has 0 aliphatic carbocycles. The molecule has 0 aliphatic heterocycles. The van der Waals surface area contributed by atoms with E-state index in [-0.39, 0.29) is 5.95 Å². The summed E-state index contributed by atoms with van der Waals surface area (Å²) in [6.45, 7) is 0. The minimum Gasteiger partial charge on any atom is -0.368 e. The van der Waals surface area contributed by atoms with Gasteiger partial charge in [-0.1, -0.05) is 18.2 Å². The number of hydrazine groups is 1. The third-order valence-electron chi connectivity index (χ3n) is 3.27. The van der Waals surface area contributed by atoms with Gasteiger partial charge in [-0.3, -0.25) is 0 Å². The number of thioether (sulfide) groups is 1. The summed E-state index contributed by atoms with van der Waals surface area (Å²) < 4.78 is 0. The van der Waals surface area contributed by atoms with Gasteiger partial charge in [-0.25, -0.2) is 10.8 Å². The second kappa shape index (κ2) is 5.59. The Morgan fingerprint density at radius 1 is 1.00 bits per heavy atom. The highest BCUT2D eigenvalue weighted by Gasteiger charge is 2.07. The standard InChI is InChI=1S/C15H15N5S/c1-21-11-5-2-9(3-6-11)10-4-7-13-12(8-10)14(20-17)19-15(16)18-13/h2-8H,17H2,1H3,(H3,16,18,19,20). The number of nitrogens with two attached hydrogens (primary N) is 2. The maximum absolute atomic E-state index is 5.66. The van der Waals surface area contributed by atoms with Crippen molar-refractivity contribution in [3.05, 3.63) is 42.5 Å². The Kier molecular flexibility index (Phi) is 3.64. The lowest BCUT2D eigenvalue weighted by Crippen LogP contribution is -2.11. The van der Waals surface area contributed by atoms with Crippen LogP contribution in [0, 0.1) is 0 Å². The normalized spacial score (nSPS) is 10.8. The van der Waals surface area contributed by atoms with Gasteiger partial charge in [0.1, 0.15) is 0 Å². The van der Waals surface area contributed by atoms with Gasteiger partial charge in [-0.2, -0.15) is 4.98 Å². The van der Waals surface area contributed by atoms with Gasteiger partial charge in [0.2, 0.25) is 5.95 Å². The van der Waals surface area contributed by atoms with Crippen LogP contribution in [0.25, 0.3) is 22.0 Å². The van der Waals surface area contributed by atoms with Crippen molar-refractivity contribution >= 4 is 34.4 Å². The first-order valence-corrected chi connectivity index (χ1v) is 7.62. The lowest BCUT2D eigenvalue weighted by atomic mass is 10.0. The van der Waals surface area contributed by atoms with Gasteiger partial charge in [-0.15, -0.1) is 11.8 Å². The quantitative estimate of drug-likeness (QED) is 0.391. The number of aromatic nitrogens is 2. The van der Waals surface area contributed by atoms with Gasteiger partial charge < -0.3 is 11.2 Å². The molecule has 5 N–H and O–H groups in total. The van der Waals surface area contributed by atoms with Crippen LogP contribution in [-0.4, -0.2) is 16.2 Å². The van der Waals surface area contributed by atoms with E-state index in [9.17, 15) is 0 Å². The van der Waals surface area contributed by atoms with Crippen LogP contribution in [0.5, 0.6) is 0 Å². The lowest BCUT2D eigenvalue weighted by Gasteiger charge is -2.08. The van der Waals surface area contributed by atoms with Gasteiger partial charge in [-0.05, 0) is 41.6 Å². The van der Waals surface area contributed by atoms with E-state index in [2.05, 4.69) is 45.9 Å². The molecule has 0 amide bonds. The fraction of sp³-hybridized carbons (Fsp3) is 0.0667. The van der Waals surface area contributed by atoms with Crippen molar-refractivity contribution in [2.45, 2.75) is 4.90 Å². The fourth-order valence-corrected chi connectivity index (χ4v) is 2.63. The Morgan fingerprint density at radius 3 is 2.38 bits per heavy atom. The highest BCUT2D eigenvalue weighted by molar-refractivity contribution is 7.98. The molecule has 2 aromatic carbocycles. The smallest absolute Gasteiger partial charge is 0.222 e. The summed E-state index contributed by atoms with van der Waals surface area (Å²) in [6, 6.07) is 14.4. The fourth-order valence-electron chi connectivity index (χ4n) is 2.22. The SMILES string of the molecule is CSc1ccc(-c2ccc3nc(N)nc(NN)c3c2)cc1. The molecule has 3 aromatic rings. The number of nitrogen functional groups attached to an aromatic ring is 2. The van der Waals surface area contributed by atoms with Gasteiger partial charge in [0, 0.05) is 10.3 Å². The van der Waals surface area contributed by atoms with Crippen LogP contribution in [0.4, 0.5) is 11.8 Å². The average molecular weight is 297 g/mol. The zero-order valence-corrected chi connectivity index (χ0v) is 12.3. The third-order valence-corrected chi connectivity index (χ3v) is 4.02. The molecule has 0 radical (unpaired) electrons. The Morgan fingerprint density at radius 2 is 1.71 bits per heavy atom. The number of rotatable bonds is 3. The molecule has 21 heavy (non-hydrogen) atoms. The number of hydrogen-bond donors (Lipinski definition) is 3. The molecule has 0 aliphatic rings. The van der Waals surface area contributed by atoms with Crippen LogP contribution in [0.3, 0.4) is 0 Å². The number of anilines is 2. The van der Waals surface area contributed by atoms with E-state index in [0.717, 1.165) is 22.0 Å². The first kappa shape index (κ1) is 13.7. The van der Waals surface area contributed by atoms with Crippen molar-refractivity contribution in [2.75, 3.05) is 17.4 Å². The monoisotopic (exact) mass is 297 g/mol. The number of fused-ring (bicyclic) bond motifs is 1. The summed E-state index contributed by atoms with van der Waals surface area (Å²) in [7, 11) is 0. The molecule has 3 rings (SSSR count). The molecule has 0 fully saturated rings. The summed E-state index contributed by atoms with van der Waals surface area (Å²) in [5.41, 5.74) is 11.2. The van der Waals surface area contributed by atoms with Crippen molar-refractivity contribution in [3.8, 4) is 11.1 Å². The minimum atomic E-state index is 0.201. The Balaban J connectivity index is 2.13. The molecule has 0 unspecified atom stereocenters. The largest absolute Gasteiger partial charge is 0.368 e. The molecule has 5 nitrogen and oxygen atoms in total. The summed E-state index contributed by atoms with van der Waals surface area (Å²) >= 11 is 1.72. The zero-order chi connectivity index (χ0) is 14.8. The second-order valence-corrected chi connectivity index (χ2v) is 5.41. The van der Waals surface area contributed by atoms with Crippen LogP contribution >= 0.6 is 11.8 Å². The van der Waals surface area contributed by atoms with Gasteiger partial charge in [0.05, 0.1) is 5.52 Å². The Labute approximate surface area is 126 Å². The summed E-state index contributed by atoms with van der Waals surface area (Å²) in [5.74, 6) is 6.24. The summed E-state index contributed by atoms with van der Waals surface area (Å²) in [4.78, 5) is 9.56. The maximum Gasteiger partial charge on any atom is 0.222 e. The maximum atomic E-state index is 5.66. The second-order valence-electron chi connectivity index (χ2n) is 4.54. The number of benzene rings is 2. The van der Waals surface area contributed by atoms with E-state index < -0.39 is 0 Å². The molecule has 1 aromatic heterocycles. The Bertz CT molecular complexity index is 786. The van der Waals surface area contributed by atoms with E-state index in [1.807, 2.05) is 18.2 Å². The number of nitrogens with zero attached hydrogens (tertiary/aromatic N) is 2. The molecule has 0 atom stereocenters. The number of hydrogen-bond acceptors (Lipinski definition) is 6. The van der Waals surface area contributed by atoms with Crippen molar-refractivity contribution in [1.82, 2.24) is 9.97 Å². The van der Waals surface area contributed by atoms with Crippen molar-refractivity contribution in [3.63, 3.8) is 0 Å². The van der Waals surface area contributed by atoms with Crippen LogP contribution in [0.1, 0.15) is 0 Å². The van der Waals surface area contributed by atoms with E-state index >= 15 is 0 Å². The van der Waals surface area contributed by atoms with Crippen molar-refractivity contribution < 1.29 is 0 Å². The molecule has 6 heteroatoms. The molecule has 0 saturated heterocycles. The predicted molar refractivity (Wildman–Crippen MR) is 89.0 cm³/mol. The highest BCUT2D eigenvalue weighted by Crippen LogP contribution is 2.28. The van der Waals surface area contributed by atoms with Gasteiger partial charge in [0.15, 0.2) is 5.82 Å². The molecule has 1 heterocycles. The van der Waals surface area contributed by atoms with Crippen LogP contribution in [0.15, 0.2) is 47.4 Å². The first-order chi connectivity index (χ1) is 10.2. The van der Waals surface area contributed by atoms with E-state index in [1.54, 1.807) is 11.8 Å². The molecule has 0 spiro atoms. The lowest BCUT2D eigenvalue weighted by molar-refractivity contribution is 1.19. The Hall–Kier alpha value is -2.31. The van der Waals surface area contributed by atoms with Crippen LogP contribution < -0.4 is 17.0 Å². The van der Waals surface area contributed by atoms with E-state index in [4.69, 9.17) is 11.6 Å². The summed E-state index contributed by atoms with van der Waals surface area (Å²) in [6.07, 6.45) is 2.06. The van der Waals surface area contributed by atoms with Crippen LogP contribution in [0.2, 0.25) is 0 Å². The predicted octanol–water partition coefficient (Wildman–Crippen LogP) is 2.89. The van der Waals surface area contributed by atoms with E-state index in [0.29, 0.717) is 5.82 Å². The minimum absolute atomic E-state index is 0.201. The van der Waals surface area contributed by atoms with E-state index in [1.165, 1.54) is 4.90 Å². The van der Waals surface area contributed by atoms with Gasteiger partial charge >= 0.3 is 0 Å².